The number of pyridine rings is 1. The van der Waals surface area contributed by atoms with Gasteiger partial charge in [0.15, 0.2) is 0 Å². The fourth-order valence-corrected chi connectivity index (χ4v) is 5.65. The maximum atomic E-state index is 13.0. The summed E-state index contributed by atoms with van der Waals surface area (Å²) in [6.07, 6.45) is 2.04. The number of sulfonamides is 1. The summed E-state index contributed by atoms with van der Waals surface area (Å²) in [6, 6.07) is 23.3. The summed E-state index contributed by atoms with van der Waals surface area (Å²) < 4.78 is 29.8. The van der Waals surface area contributed by atoms with Crippen molar-refractivity contribution < 1.29 is 8.42 Å². The van der Waals surface area contributed by atoms with E-state index in [1.807, 2.05) is 61.7 Å². The summed E-state index contributed by atoms with van der Waals surface area (Å²) in [7, 11) is -3.46. The number of aryl methyl sites for hydroxylation is 1. The second-order valence-corrected chi connectivity index (χ2v) is 10.1. The van der Waals surface area contributed by atoms with Crippen molar-refractivity contribution >= 4 is 15.7 Å². The monoisotopic (exact) mass is 446 g/mol. The van der Waals surface area contributed by atoms with E-state index in [0.717, 1.165) is 28.2 Å². The third-order valence-corrected chi connectivity index (χ3v) is 7.95. The lowest BCUT2D eigenvalue weighted by atomic mass is 10.1. The first-order valence-corrected chi connectivity index (χ1v) is 12.3. The van der Waals surface area contributed by atoms with Crippen LogP contribution in [0.2, 0.25) is 0 Å². The van der Waals surface area contributed by atoms with Crippen LogP contribution in [0.4, 0.5) is 0 Å². The first-order valence-electron chi connectivity index (χ1n) is 10.8. The van der Waals surface area contributed by atoms with Crippen molar-refractivity contribution in [2.45, 2.75) is 18.4 Å². The molecule has 5 rings (SSSR count). The predicted molar refractivity (Wildman–Crippen MR) is 126 cm³/mol. The molecular weight excluding hydrogens is 420 g/mol. The standard InChI is InChI=1S/C25H26N4O2S/c1-20-10-12-22(13-11-20)32(30,31)28-17-15-27(16-18-28)19-23-25(21-7-3-2-4-8-21)26-24-9-5-6-14-29(23)24/h2-14H,15-19H2,1H3. The first-order chi connectivity index (χ1) is 15.5. The third kappa shape index (κ3) is 3.95. The van der Waals surface area contributed by atoms with Crippen LogP contribution in [0.3, 0.4) is 0 Å². The lowest BCUT2D eigenvalue weighted by Gasteiger charge is -2.34. The Morgan fingerprint density at radius 3 is 2.25 bits per heavy atom. The van der Waals surface area contributed by atoms with Crippen molar-refractivity contribution in [1.82, 2.24) is 18.6 Å². The van der Waals surface area contributed by atoms with Crippen LogP contribution in [0, 0.1) is 6.92 Å². The lowest BCUT2D eigenvalue weighted by Crippen LogP contribution is -2.48. The van der Waals surface area contributed by atoms with Gasteiger partial charge in [-0.3, -0.25) is 4.90 Å². The number of nitrogens with zero attached hydrogens (tertiary/aromatic N) is 4. The molecule has 0 bridgehead atoms. The number of piperazine rings is 1. The average molecular weight is 447 g/mol. The molecule has 1 aliphatic rings. The molecule has 0 saturated carbocycles. The summed E-state index contributed by atoms with van der Waals surface area (Å²) in [5.74, 6) is 0. The highest BCUT2D eigenvalue weighted by Gasteiger charge is 2.29. The minimum absolute atomic E-state index is 0.365. The fraction of sp³-hybridized carbons (Fsp3) is 0.240. The van der Waals surface area contributed by atoms with Crippen molar-refractivity contribution in [3.63, 3.8) is 0 Å². The van der Waals surface area contributed by atoms with Crippen molar-refractivity contribution in [1.29, 1.82) is 0 Å². The van der Waals surface area contributed by atoms with Crippen LogP contribution in [-0.2, 0) is 16.6 Å². The molecule has 0 unspecified atom stereocenters. The van der Waals surface area contributed by atoms with Gasteiger partial charge < -0.3 is 4.40 Å². The van der Waals surface area contributed by atoms with E-state index in [1.165, 1.54) is 0 Å². The van der Waals surface area contributed by atoms with E-state index in [1.54, 1.807) is 16.4 Å². The molecular formula is C25H26N4O2S. The van der Waals surface area contributed by atoms with Gasteiger partial charge >= 0.3 is 0 Å². The van der Waals surface area contributed by atoms with Crippen molar-refractivity contribution in [3.05, 3.63) is 90.3 Å². The van der Waals surface area contributed by atoms with Gasteiger partial charge in [0.25, 0.3) is 0 Å². The minimum Gasteiger partial charge on any atom is -0.302 e. The zero-order chi connectivity index (χ0) is 22.1. The van der Waals surface area contributed by atoms with E-state index in [4.69, 9.17) is 4.98 Å². The molecule has 0 amide bonds. The second-order valence-electron chi connectivity index (χ2n) is 8.20. The molecule has 0 atom stereocenters. The van der Waals surface area contributed by atoms with E-state index < -0.39 is 10.0 Å². The van der Waals surface area contributed by atoms with E-state index >= 15 is 0 Å². The Kier molecular flexibility index (Phi) is 5.55. The normalized spacial score (nSPS) is 15.9. The molecule has 3 heterocycles. The molecule has 1 fully saturated rings. The van der Waals surface area contributed by atoms with Gasteiger partial charge in [-0.25, -0.2) is 13.4 Å². The minimum atomic E-state index is -3.46. The summed E-state index contributed by atoms with van der Waals surface area (Å²) in [4.78, 5) is 7.55. The van der Waals surface area contributed by atoms with Crippen LogP contribution in [0.1, 0.15) is 11.3 Å². The summed E-state index contributed by atoms with van der Waals surface area (Å²) in [5.41, 5.74) is 5.16. The molecule has 7 heteroatoms. The zero-order valence-electron chi connectivity index (χ0n) is 18.1. The van der Waals surface area contributed by atoms with Gasteiger partial charge in [-0.05, 0) is 31.2 Å². The topological polar surface area (TPSA) is 57.9 Å². The predicted octanol–water partition coefficient (Wildman–Crippen LogP) is 3.82. The molecule has 0 radical (unpaired) electrons. The number of rotatable bonds is 5. The van der Waals surface area contributed by atoms with Crippen LogP contribution < -0.4 is 0 Å². The van der Waals surface area contributed by atoms with E-state index in [2.05, 4.69) is 21.4 Å². The van der Waals surface area contributed by atoms with Crippen LogP contribution >= 0.6 is 0 Å². The van der Waals surface area contributed by atoms with Gasteiger partial charge in [0.05, 0.1) is 16.3 Å². The highest BCUT2D eigenvalue weighted by molar-refractivity contribution is 7.89. The molecule has 0 N–H and O–H groups in total. The fourth-order valence-electron chi connectivity index (χ4n) is 4.22. The van der Waals surface area contributed by atoms with E-state index in [9.17, 15) is 8.42 Å². The Bertz CT molecular complexity index is 1320. The quantitative estimate of drug-likeness (QED) is 0.468. The second kappa shape index (κ2) is 8.50. The lowest BCUT2D eigenvalue weighted by molar-refractivity contribution is 0.180. The van der Waals surface area contributed by atoms with Crippen molar-refractivity contribution in [3.8, 4) is 11.3 Å². The van der Waals surface area contributed by atoms with Gasteiger partial charge in [0.1, 0.15) is 5.65 Å². The molecule has 0 spiro atoms. The molecule has 4 aromatic rings. The first kappa shape index (κ1) is 20.9. The van der Waals surface area contributed by atoms with Crippen molar-refractivity contribution in [2.24, 2.45) is 0 Å². The zero-order valence-corrected chi connectivity index (χ0v) is 18.9. The Hall–Kier alpha value is -3.00. The average Bonchev–Trinajstić information content (AvgIpc) is 3.19. The molecule has 32 heavy (non-hydrogen) atoms. The van der Waals surface area contributed by atoms with Crippen LogP contribution in [0.15, 0.2) is 83.9 Å². The van der Waals surface area contributed by atoms with E-state index in [-0.39, 0.29) is 0 Å². The number of aromatic nitrogens is 2. The molecule has 2 aromatic carbocycles. The smallest absolute Gasteiger partial charge is 0.243 e. The number of fused-ring (bicyclic) bond motifs is 1. The van der Waals surface area contributed by atoms with Gasteiger partial charge in [-0.2, -0.15) is 4.31 Å². The molecule has 6 nitrogen and oxygen atoms in total. The maximum absolute atomic E-state index is 13.0. The highest BCUT2D eigenvalue weighted by Crippen LogP contribution is 2.26. The Morgan fingerprint density at radius 2 is 1.53 bits per heavy atom. The van der Waals surface area contributed by atoms with Crippen molar-refractivity contribution in [2.75, 3.05) is 26.2 Å². The number of benzene rings is 2. The summed E-state index contributed by atoms with van der Waals surface area (Å²) in [6.45, 7) is 4.99. The van der Waals surface area contributed by atoms with Crippen LogP contribution in [-0.4, -0.2) is 53.2 Å². The van der Waals surface area contributed by atoms with Gasteiger partial charge in [0, 0.05) is 44.5 Å². The third-order valence-electron chi connectivity index (χ3n) is 6.04. The van der Waals surface area contributed by atoms with Gasteiger partial charge in [-0.1, -0.05) is 54.1 Å². The Balaban J connectivity index is 1.36. The Morgan fingerprint density at radius 1 is 0.844 bits per heavy atom. The largest absolute Gasteiger partial charge is 0.302 e. The highest BCUT2D eigenvalue weighted by atomic mass is 32.2. The summed E-state index contributed by atoms with van der Waals surface area (Å²) in [5, 5.41) is 0. The molecule has 2 aromatic heterocycles. The number of hydrogen-bond acceptors (Lipinski definition) is 4. The Labute approximate surface area is 188 Å². The summed E-state index contributed by atoms with van der Waals surface area (Å²) >= 11 is 0. The van der Waals surface area contributed by atoms with Crippen LogP contribution in [0.5, 0.6) is 0 Å². The molecule has 1 saturated heterocycles. The SMILES string of the molecule is Cc1ccc(S(=O)(=O)N2CCN(Cc3c(-c4ccccc4)nc4ccccn34)CC2)cc1. The number of hydrogen-bond donors (Lipinski definition) is 0. The number of imidazole rings is 1. The molecule has 1 aliphatic heterocycles. The molecule has 0 aliphatic carbocycles. The van der Waals surface area contributed by atoms with Gasteiger partial charge in [0.2, 0.25) is 10.0 Å². The maximum Gasteiger partial charge on any atom is 0.243 e. The van der Waals surface area contributed by atoms with Gasteiger partial charge in [-0.15, -0.1) is 0 Å². The van der Waals surface area contributed by atoms with E-state index in [0.29, 0.717) is 37.6 Å². The molecule has 164 valence electrons. The van der Waals surface area contributed by atoms with Crippen LogP contribution in [0.25, 0.3) is 16.9 Å².